The largest absolute Gasteiger partial charge is 0.497 e. The molecule has 2 amide bonds. The van der Waals surface area contributed by atoms with Gasteiger partial charge in [-0.3, -0.25) is 9.59 Å². The van der Waals surface area contributed by atoms with Crippen LogP contribution in [0.1, 0.15) is 50.2 Å². The van der Waals surface area contributed by atoms with Gasteiger partial charge in [0.25, 0.3) is 11.8 Å². The molecule has 11 heteroatoms. The van der Waals surface area contributed by atoms with Crippen molar-refractivity contribution in [2.24, 2.45) is 5.10 Å². The standard InChI is InChI=1S/C34H32N6O3S2/c1-23-10-12-26(13-11-23)29-19-28(25-14-16-27(43-2)17-15-25)38-40(29)32(41)22-45-34-37-36-31(20-35-33(42)30-9-6-18-44-30)39(34)21-24-7-4-3-5-8-24/h3-18,29H,19-22H2,1-2H3,(H,35,42)/t29-/m1/s1. The van der Waals surface area contributed by atoms with Gasteiger partial charge in [-0.15, -0.1) is 21.5 Å². The summed E-state index contributed by atoms with van der Waals surface area (Å²) < 4.78 is 7.27. The maximum absolute atomic E-state index is 13.8. The maximum Gasteiger partial charge on any atom is 0.261 e. The van der Waals surface area contributed by atoms with Crippen molar-refractivity contribution in [2.75, 3.05) is 12.9 Å². The van der Waals surface area contributed by atoms with Crippen molar-refractivity contribution in [1.29, 1.82) is 0 Å². The van der Waals surface area contributed by atoms with E-state index in [1.165, 1.54) is 23.1 Å². The van der Waals surface area contributed by atoms with Gasteiger partial charge in [0.05, 0.1) is 42.6 Å². The van der Waals surface area contributed by atoms with E-state index in [0.29, 0.717) is 28.8 Å². The number of thioether (sulfide) groups is 1. The molecule has 1 aliphatic rings. The summed E-state index contributed by atoms with van der Waals surface area (Å²) in [5, 5.41) is 20.7. The molecular weight excluding hydrogens is 605 g/mol. The Morgan fingerprint density at radius 3 is 2.47 bits per heavy atom. The zero-order valence-electron chi connectivity index (χ0n) is 24.9. The molecule has 9 nitrogen and oxygen atoms in total. The Kier molecular flexibility index (Phi) is 9.37. The van der Waals surface area contributed by atoms with Gasteiger partial charge in [-0.1, -0.05) is 78.0 Å². The van der Waals surface area contributed by atoms with Crippen LogP contribution < -0.4 is 10.1 Å². The molecule has 0 unspecified atom stereocenters. The van der Waals surface area contributed by atoms with E-state index in [9.17, 15) is 9.59 Å². The summed E-state index contributed by atoms with van der Waals surface area (Å²) in [4.78, 5) is 27.1. The molecule has 3 aromatic carbocycles. The third-order valence-electron chi connectivity index (χ3n) is 7.50. The van der Waals surface area contributed by atoms with Crippen LogP contribution in [0.15, 0.2) is 107 Å². The topological polar surface area (TPSA) is 102 Å². The quantitative estimate of drug-likeness (QED) is 0.176. The van der Waals surface area contributed by atoms with Gasteiger partial charge >= 0.3 is 0 Å². The molecule has 0 bridgehead atoms. The van der Waals surface area contributed by atoms with E-state index in [0.717, 1.165) is 33.7 Å². The molecule has 5 aromatic rings. The number of hydrogen-bond donors (Lipinski definition) is 1. The van der Waals surface area contributed by atoms with E-state index in [1.807, 2.05) is 77.5 Å². The Labute approximate surface area is 270 Å². The number of aryl methyl sites for hydroxylation is 1. The van der Waals surface area contributed by atoms with Crippen LogP contribution in [0.4, 0.5) is 0 Å². The van der Waals surface area contributed by atoms with Gasteiger partial charge in [-0.25, -0.2) is 5.01 Å². The number of thiophene rings is 1. The van der Waals surface area contributed by atoms with Gasteiger partial charge in [0.2, 0.25) is 0 Å². The Balaban J connectivity index is 1.22. The Morgan fingerprint density at radius 1 is 0.978 bits per heavy atom. The number of rotatable bonds is 11. The lowest BCUT2D eigenvalue weighted by atomic mass is 9.97. The highest BCUT2D eigenvalue weighted by atomic mass is 32.2. The van der Waals surface area contributed by atoms with Crippen molar-refractivity contribution >= 4 is 40.6 Å². The lowest BCUT2D eigenvalue weighted by molar-refractivity contribution is -0.130. The van der Waals surface area contributed by atoms with Gasteiger partial charge in [0.1, 0.15) is 5.75 Å². The minimum absolute atomic E-state index is 0.121. The molecule has 0 fully saturated rings. The average molecular weight is 637 g/mol. The Morgan fingerprint density at radius 2 is 1.76 bits per heavy atom. The van der Waals surface area contributed by atoms with Gasteiger partial charge in [-0.2, -0.15) is 5.10 Å². The number of nitrogens with one attached hydrogen (secondary N) is 1. The number of amides is 2. The fourth-order valence-electron chi connectivity index (χ4n) is 5.07. The number of nitrogens with zero attached hydrogens (tertiary/aromatic N) is 5. The van der Waals surface area contributed by atoms with Crippen molar-refractivity contribution in [3.05, 3.63) is 129 Å². The summed E-state index contributed by atoms with van der Waals surface area (Å²) >= 11 is 2.70. The summed E-state index contributed by atoms with van der Waals surface area (Å²) in [7, 11) is 1.64. The highest BCUT2D eigenvalue weighted by Crippen LogP contribution is 2.34. The van der Waals surface area contributed by atoms with Crippen LogP contribution in [0.25, 0.3) is 0 Å². The minimum Gasteiger partial charge on any atom is -0.497 e. The predicted octanol–water partition coefficient (Wildman–Crippen LogP) is 6.10. The van der Waals surface area contributed by atoms with E-state index in [4.69, 9.17) is 9.84 Å². The molecule has 1 N–H and O–H groups in total. The molecule has 228 valence electrons. The molecular formula is C34H32N6O3S2. The van der Waals surface area contributed by atoms with Crippen LogP contribution in [-0.2, 0) is 17.9 Å². The lowest BCUT2D eigenvalue weighted by Gasteiger charge is -2.22. The second-order valence-corrected chi connectivity index (χ2v) is 12.5. The van der Waals surface area contributed by atoms with E-state index in [-0.39, 0.29) is 30.2 Å². The zero-order chi connectivity index (χ0) is 31.2. The summed E-state index contributed by atoms with van der Waals surface area (Å²) in [6.07, 6.45) is 0.601. The second kappa shape index (κ2) is 13.9. The number of aromatic nitrogens is 3. The van der Waals surface area contributed by atoms with Crippen molar-refractivity contribution in [2.45, 2.75) is 37.6 Å². The highest BCUT2D eigenvalue weighted by Gasteiger charge is 2.33. The molecule has 3 heterocycles. The van der Waals surface area contributed by atoms with Crippen LogP contribution in [0.2, 0.25) is 0 Å². The highest BCUT2D eigenvalue weighted by molar-refractivity contribution is 7.99. The van der Waals surface area contributed by atoms with Gasteiger partial charge < -0.3 is 14.6 Å². The number of hydrazone groups is 1. The SMILES string of the molecule is COc1ccc(C2=NN(C(=O)CSc3nnc(CNC(=O)c4cccs4)n3Cc3ccccc3)[C@@H](c3ccc(C)cc3)C2)cc1. The fourth-order valence-corrected chi connectivity index (χ4v) is 6.52. The van der Waals surface area contributed by atoms with Crippen LogP contribution in [0, 0.1) is 6.92 Å². The summed E-state index contributed by atoms with van der Waals surface area (Å²) in [6.45, 7) is 2.76. The molecule has 1 aliphatic heterocycles. The van der Waals surface area contributed by atoms with Crippen molar-refractivity contribution in [3.63, 3.8) is 0 Å². The average Bonchev–Trinajstić information content (AvgIpc) is 3.85. The van der Waals surface area contributed by atoms with E-state index in [1.54, 1.807) is 18.2 Å². The van der Waals surface area contributed by atoms with Crippen LogP contribution in [0.3, 0.4) is 0 Å². The number of carbonyl (C=O) groups is 2. The first-order valence-corrected chi connectivity index (χ1v) is 16.4. The number of ether oxygens (including phenoxy) is 1. The maximum atomic E-state index is 13.8. The van der Waals surface area contributed by atoms with E-state index in [2.05, 4.69) is 39.8 Å². The Hall–Kier alpha value is -4.74. The molecule has 1 atom stereocenters. The third-order valence-corrected chi connectivity index (χ3v) is 9.33. The fraction of sp³-hybridized carbons (Fsp3) is 0.206. The Bertz CT molecular complexity index is 1790. The molecule has 0 saturated heterocycles. The van der Waals surface area contributed by atoms with Crippen molar-refractivity contribution in [3.8, 4) is 5.75 Å². The van der Waals surface area contributed by atoms with Gasteiger partial charge in [-0.05, 0) is 59.3 Å². The smallest absolute Gasteiger partial charge is 0.261 e. The van der Waals surface area contributed by atoms with E-state index >= 15 is 0 Å². The zero-order valence-corrected chi connectivity index (χ0v) is 26.6. The molecule has 2 aromatic heterocycles. The van der Waals surface area contributed by atoms with Crippen LogP contribution in [0.5, 0.6) is 5.75 Å². The normalized spacial score (nSPS) is 14.3. The van der Waals surface area contributed by atoms with Crippen LogP contribution >= 0.6 is 23.1 Å². The first-order valence-electron chi connectivity index (χ1n) is 14.5. The van der Waals surface area contributed by atoms with Crippen molar-refractivity contribution in [1.82, 2.24) is 25.1 Å². The number of methoxy groups -OCH3 is 1. The molecule has 0 spiro atoms. The number of hydrogen-bond acceptors (Lipinski definition) is 8. The number of carbonyl (C=O) groups excluding carboxylic acids is 2. The predicted molar refractivity (Wildman–Crippen MR) is 177 cm³/mol. The third kappa shape index (κ3) is 7.16. The van der Waals surface area contributed by atoms with Crippen molar-refractivity contribution < 1.29 is 14.3 Å². The monoisotopic (exact) mass is 636 g/mol. The molecule has 0 aliphatic carbocycles. The first-order chi connectivity index (χ1) is 22.0. The molecule has 0 saturated carbocycles. The van der Waals surface area contributed by atoms with Crippen LogP contribution in [-0.4, -0.2) is 50.2 Å². The number of benzene rings is 3. The summed E-state index contributed by atoms with van der Waals surface area (Å²) in [5.74, 6) is 1.20. The van der Waals surface area contributed by atoms with Gasteiger partial charge in [0.15, 0.2) is 11.0 Å². The van der Waals surface area contributed by atoms with Gasteiger partial charge in [0, 0.05) is 6.42 Å². The second-order valence-electron chi connectivity index (χ2n) is 10.6. The molecule has 6 rings (SSSR count). The summed E-state index contributed by atoms with van der Waals surface area (Å²) in [6, 6.07) is 29.4. The first kappa shape index (κ1) is 30.3. The molecule has 45 heavy (non-hydrogen) atoms. The molecule has 0 radical (unpaired) electrons. The minimum atomic E-state index is -0.221. The lowest BCUT2D eigenvalue weighted by Crippen LogP contribution is -2.28. The summed E-state index contributed by atoms with van der Waals surface area (Å²) in [5.41, 5.74) is 5.04. The van der Waals surface area contributed by atoms with E-state index < -0.39 is 0 Å².